The summed E-state index contributed by atoms with van der Waals surface area (Å²) in [5, 5.41) is 0. The molecule has 0 aliphatic carbocycles. The molecule has 2 heterocycles. The van der Waals surface area contributed by atoms with Gasteiger partial charge in [0.1, 0.15) is 5.82 Å². The predicted octanol–water partition coefficient (Wildman–Crippen LogP) is 1.56. The summed E-state index contributed by atoms with van der Waals surface area (Å²) in [4.78, 5) is 20.5. The van der Waals surface area contributed by atoms with Crippen LogP contribution in [0, 0.1) is 6.92 Å². The Kier molecular flexibility index (Phi) is 3.32. The van der Waals surface area contributed by atoms with E-state index in [1.165, 1.54) is 0 Å². The summed E-state index contributed by atoms with van der Waals surface area (Å²) in [6.45, 7) is 4.31. The molecule has 2 rings (SSSR count). The van der Waals surface area contributed by atoms with Crippen LogP contribution in [0.4, 0.5) is 0 Å². The third-order valence-electron chi connectivity index (χ3n) is 2.64. The number of rotatable bonds is 3. The van der Waals surface area contributed by atoms with Gasteiger partial charge >= 0.3 is 0 Å². The SMILES string of the molecule is CCc1cccn(Cc2nccc(C)n2)c1=O. The maximum atomic E-state index is 12.0. The fourth-order valence-corrected chi connectivity index (χ4v) is 1.71. The van der Waals surface area contributed by atoms with Crippen molar-refractivity contribution in [2.24, 2.45) is 0 Å². The molecule has 0 fully saturated rings. The van der Waals surface area contributed by atoms with Crippen LogP contribution < -0.4 is 5.56 Å². The van der Waals surface area contributed by atoms with E-state index in [2.05, 4.69) is 9.97 Å². The van der Waals surface area contributed by atoms with Gasteiger partial charge in [-0.15, -0.1) is 0 Å². The highest BCUT2D eigenvalue weighted by molar-refractivity contribution is 5.11. The van der Waals surface area contributed by atoms with Gasteiger partial charge in [-0.2, -0.15) is 0 Å². The molecule has 0 saturated carbocycles. The van der Waals surface area contributed by atoms with E-state index in [9.17, 15) is 4.79 Å². The molecule has 0 aliphatic rings. The quantitative estimate of drug-likeness (QED) is 0.802. The van der Waals surface area contributed by atoms with E-state index in [1.54, 1.807) is 17.0 Å². The molecule has 2 aromatic rings. The van der Waals surface area contributed by atoms with Crippen LogP contribution in [0.1, 0.15) is 24.0 Å². The van der Waals surface area contributed by atoms with Gasteiger partial charge in [-0.25, -0.2) is 9.97 Å². The monoisotopic (exact) mass is 229 g/mol. The van der Waals surface area contributed by atoms with Gasteiger partial charge in [0.15, 0.2) is 0 Å². The summed E-state index contributed by atoms with van der Waals surface area (Å²) in [6.07, 6.45) is 4.23. The average molecular weight is 229 g/mol. The number of pyridine rings is 1. The van der Waals surface area contributed by atoms with Crippen LogP contribution in [0.25, 0.3) is 0 Å². The van der Waals surface area contributed by atoms with Crippen molar-refractivity contribution in [1.82, 2.24) is 14.5 Å². The summed E-state index contributed by atoms with van der Waals surface area (Å²) in [5.41, 5.74) is 1.77. The van der Waals surface area contributed by atoms with Crippen molar-refractivity contribution in [3.05, 3.63) is 58.0 Å². The van der Waals surface area contributed by atoms with Crippen molar-refractivity contribution < 1.29 is 0 Å². The first-order chi connectivity index (χ1) is 8.20. The number of aryl methyl sites for hydroxylation is 2. The van der Waals surface area contributed by atoms with E-state index in [4.69, 9.17) is 0 Å². The largest absolute Gasteiger partial charge is 0.308 e. The maximum Gasteiger partial charge on any atom is 0.254 e. The van der Waals surface area contributed by atoms with Gasteiger partial charge in [0.2, 0.25) is 0 Å². The highest BCUT2D eigenvalue weighted by Gasteiger charge is 2.03. The van der Waals surface area contributed by atoms with Gasteiger partial charge in [0, 0.05) is 23.7 Å². The molecule has 88 valence electrons. The Bertz CT molecular complexity index is 575. The molecule has 17 heavy (non-hydrogen) atoms. The third-order valence-corrected chi connectivity index (χ3v) is 2.64. The minimum Gasteiger partial charge on any atom is -0.308 e. The van der Waals surface area contributed by atoms with Crippen LogP contribution in [-0.4, -0.2) is 14.5 Å². The topological polar surface area (TPSA) is 47.8 Å². The molecular formula is C13H15N3O. The van der Waals surface area contributed by atoms with E-state index in [0.717, 1.165) is 17.7 Å². The van der Waals surface area contributed by atoms with Crippen LogP contribution in [-0.2, 0) is 13.0 Å². The molecule has 0 unspecified atom stereocenters. The second-order valence-electron chi connectivity index (χ2n) is 3.93. The summed E-state index contributed by atoms with van der Waals surface area (Å²) in [5.74, 6) is 0.667. The molecule has 2 aromatic heterocycles. The normalized spacial score (nSPS) is 10.5. The van der Waals surface area contributed by atoms with Crippen molar-refractivity contribution in [3.8, 4) is 0 Å². The van der Waals surface area contributed by atoms with Crippen LogP contribution in [0.15, 0.2) is 35.4 Å². The van der Waals surface area contributed by atoms with Crippen molar-refractivity contribution in [3.63, 3.8) is 0 Å². The number of aromatic nitrogens is 3. The highest BCUT2D eigenvalue weighted by atomic mass is 16.1. The van der Waals surface area contributed by atoms with Gasteiger partial charge in [-0.1, -0.05) is 13.0 Å². The molecule has 0 amide bonds. The third kappa shape index (κ3) is 2.58. The molecule has 0 aromatic carbocycles. The second-order valence-corrected chi connectivity index (χ2v) is 3.93. The van der Waals surface area contributed by atoms with Gasteiger partial charge < -0.3 is 4.57 Å². The minimum absolute atomic E-state index is 0.0418. The van der Waals surface area contributed by atoms with E-state index in [0.29, 0.717) is 12.4 Å². The summed E-state index contributed by atoms with van der Waals surface area (Å²) in [7, 11) is 0. The van der Waals surface area contributed by atoms with Crippen LogP contribution >= 0.6 is 0 Å². The highest BCUT2D eigenvalue weighted by Crippen LogP contribution is 1.98. The zero-order valence-corrected chi connectivity index (χ0v) is 10.1. The lowest BCUT2D eigenvalue weighted by molar-refractivity contribution is 0.702. The molecule has 0 atom stereocenters. The molecule has 0 N–H and O–H groups in total. The lowest BCUT2D eigenvalue weighted by Crippen LogP contribution is -2.23. The molecule has 0 saturated heterocycles. The number of nitrogens with zero attached hydrogens (tertiary/aromatic N) is 3. The Labute approximate surface area is 100.0 Å². The Balaban J connectivity index is 2.34. The minimum atomic E-state index is 0.0418. The molecule has 0 bridgehead atoms. The Morgan fingerprint density at radius 2 is 2.18 bits per heavy atom. The molecule has 0 radical (unpaired) electrons. The second kappa shape index (κ2) is 4.91. The fraction of sp³-hybridized carbons (Fsp3) is 0.308. The standard InChI is InChI=1S/C13H15N3O/c1-3-11-5-4-8-16(13(11)17)9-12-14-7-6-10(2)15-12/h4-8H,3,9H2,1-2H3. The molecular weight excluding hydrogens is 214 g/mol. The first-order valence-corrected chi connectivity index (χ1v) is 5.67. The van der Waals surface area contributed by atoms with E-state index in [1.807, 2.05) is 32.0 Å². The lowest BCUT2D eigenvalue weighted by atomic mass is 10.2. The van der Waals surface area contributed by atoms with Gasteiger partial charge in [0.25, 0.3) is 5.56 Å². The van der Waals surface area contributed by atoms with Crippen molar-refractivity contribution in [2.75, 3.05) is 0 Å². The van der Waals surface area contributed by atoms with Crippen LogP contribution in [0.3, 0.4) is 0 Å². The zero-order valence-electron chi connectivity index (χ0n) is 10.1. The Morgan fingerprint density at radius 1 is 1.35 bits per heavy atom. The van der Waals surface area contributed by atoms with Crippen molar-refractivity contribution >= 4 is 0 Å². The first kappa shape index (κ1) is 11.5. The molecule has 0 spiro atoms. The molecule has 4 heteroatoms. The Hall–Kier alpha value is -1.97. The first-order valence-electron chi connectivity index (χ1n) is 5.67. The number of hydrogen-bond donors (Lipinski definition) is 0. The van der Waals surface area contributed by atoms with Gasteiger partial charge in [-0.05, 0) is 25.5 Å². The average Bonchev–Trinajstić information content (AvgIpc) is 2.32. The van der Waals surface area contributed by atoms with Crippen molar-refractivity contribution in [2.45, 2.75) is 26.8 Å². The lowest BCUT2D eigenvalue weighted by Gasteiger charge is -2.06. The van der Waals surface area contributed by atoms with Gasteiger partial charge in [0.05, 0.1) is 6.54 Å². The van der Waals surface area contributed by atoms with E-state index < -0.39 is 0 Å². The Morgan fingerprint density at radius 3 is 2.88 bits per heavy atom. The van der Waals surface area contributed by atoms with Crippen LogP contribution in [0.5, 0.6) is 0 Å². The predicted molar refractivity (Wildman–Crippen MR) is 66.0 cm³/mol. The van der Waals surface area contributed by atoms with Gasteiger partial charge in [-0.3, -0.25) is 4.79 Å². The molecule has 4 nitrogen and oxygen atoms in total. The molecule has 0 aliphatic heterocycles. The number of hydrogen-bond acceptors (Lipinski definition) is 3. The fourth-order valence-electron chi connectivity index (χ4n) is 1.71. The van der Waals surface area contributed by atoms with Crippen molar-refractivity contribution in [1.29, 1.82) is 0 Å². The summed E-state index contributed by atoms with van der Waals surface area (Å²) in [6, 6.07) is 5.58. The van der Waals surface area contributed by atoms with E-state index >= 15 is 0 Å². The smallest absolute Gasteiger partial charge is 0.254 e. The van der Waals surface area contributed by atoms with Crippen LogP contribution in [0.2, 0.25) is 0 Å². The summed E-state index contributed by atoms with van der Waals surface area (Å²) < 4.78 is 1.65. The summed E-state index contributed by atoms with van der Waals surface area (Å²) >= 11 is 0. The zero-order chi connectivity index (χ0) is 12.3. The van der Waals surface area contributed by atoms with E-state index in [-0.39, 0.29) is 5.56 Å². The maximum absolute atomic E-state index is 12.0.